The van der Waals surface area contributed by atoms with Crippen molar-refractivity contribution < 1.29 is 14.3 Å². The molecule has 2 aromatic rings. The van der Waals surface area contributed by atoms with Gasteiger partial charge in [-0.3, -0.25) is 9.69 Å². The van der Waals surface area contributed by atoms with Gasteiger partial charge in [0.15, 0.2) is 11.5 Å². The summed E-state index contributed by atoms with van der Waals surface area (Å²) in [4.78, 5) is 14.6. The van der Waals surface area contributed by atoms with Crippen LogP contribution in [0, 0.1) is 3.57 Å². The van der Waals surface area contributed by atoms with Crippen molar-refractivity contribution in [1.29, 1.82) is 0 Å². The van der Waals surface area contributed by atoms with Gasteiger partial charge in [-0.25, -0.2) is 0 Å². The van der Waals surface area contributed by atoms with E-state index in [2.05, 4.69) is 22.6 Å². The molecular formula is C20H17ClINO3S2. The topological polar surface area (TPSA) is 38.8 Å². The Morgan fingerprint density at radius 1 is 1.32 bits per heavy atom. The number of thiocarbonyl (C=S) groups is 1. The van der Waals surface area contributed by atoms with Crippen LogP contribution in [-0.4, -0.2) is 28.8 Å². The average Bonchev–Trinajstić information content (AvgIpc) is 2.94. The maximum absolute atomic E-state index is 12.4. The molecule has 0 bridgehead atoms. The van der Waals surface area contributed by atoms with Crippen molar-refractivity contribution in [3.63, 3.8) is 0 Å². The number of thioether (sulfide) groups is 1. The summed E-state index contributed by atoms with van der Waals surface area (Å²) in [5.74, 6) is 1.17. The van der Waals surface area contributed by atoms with Gasteiger partial charge in [-0.1, -0.05) is 53.8 Å². The highest BCUT2D eigenvalue weighted by Crippen LogP contribution is 2.37. The van der Waals surface area contributed by atoms with Gasteiger partial charge < -0.3 is 9.47 Å². The van der Waals surface area contributed by atoms with Gasteiger partial charge in [-0.05, 0) is 59.4 Å². The molecular weight excluding hydrogens is 529 g/mol. The second-order valence-electron chi connectivity index (χ2n) is 5.84. The Kier molecular flexibility index (Phi) is 7.25. The normalized spacial score (nSPS) is 15.4. The van der Waals surface area contributed by atoms with Gasteiger partial charge in [0.25, 0.3) is 5.91 Å². The Labute approximate surface area is 192 Å². The fourth-order valence-corrected chi connectivity index (χ4v) is 5.01. The molecule has 0 unspecified atom stereocenters. The smallest absolute Gasteiger partial charge is 0.266 e. The lowest BCUT2D eigenvalue weighted by molar-refractivity contribution is -0.121. The van der Waals surface area contributed by atoms with Crippen LogP contribution in [0.2, 0.25) is 5.02 Å². The molecule has 0 saturated carbocycles. The number of hydrogen-bond donors (Lipinski definition) is 0. The van der Waals surface area contributed by atoms with E-state index in [1.165, 1.54) is 11.8 Å². The van der Waals surface area contributed by atoms with Crippen molar-refractivity contribution >= 4 is 74.5 Å². The molecule has 1 heterocycles. The van der Waals surface area contributed by atoms with E-state index < -0.39 is 0 Å². The van der Waals surface area contributed by atoms with Gasteiger partial charge in [0.1, 0.15) is 10.9 Å². The molecule has 1 fully saturated rings. The summed E-state index contributed by atoms with van der Waals surface area (Å²) < 4.78 is 13.0. The Morgan fingerprint density at radius 2 is 2.07 bits per heavy atom. The Balaban J connectivity index is 1.86. The Hall–Kier alpha value is -1.29. The Bertz CT molecular complexity index is 964. The molecule has 1 aliphatic rings. The number of hydrogen-bond acceptors (Lipinski definition) is 5. The minimum Gasteiger partial charge on any atom is -0.493 e. The van der Waals surface area contributed by atoms with Crippen molar-refractivity contribution in [2.24, 2.45) is 0 Å². The van der Waals surface area contributed by atoms with Crippen LogP contribution in [0.1, 0.15) is 18.1 Å². The number of benzene rings is 2. The van der Waals surface area contributed by atoms with E-state index in [9.17, 15) is 4.79 Å². The van der Waals surface area contributed by atoms with Gasteiger partial charge in [0.2, 0.25) is 0 Å². The van der Waals surface area contributed by atoms with Gasteiger partial charge in [-0.15, -0.1) is 0 Å². The summed E-state index contributed by atoms with van der Waals surface area (Å²) in [6, 6.07) is 11.4. The Morgan fingerprint density at radius 3 is 2.71 bits per heavy atom. The first-order valence-electron chi connectivity index (χ1n) is 8.43. The third-order valence-corrected chi connectivity index (χ3v) is 6.62. The van der Waals surface area contributed by atoms with Crippen LogP contribution in [0.4, 0.5) is 0 Å². The molecule has 0 aromatic heterocycles. The van der Waals surface area contributed by atoms with E-state index in [1.807, 2.05) is 49.4 Å². The summed E-state index contributed by atoms with van der Waals surface area (Å²) in [6.45, 7) is 2.81. The summed E-state index contributed by atoms with van der Waals surface area (Å²) in [7, 11) is 1.59. The largest absolute Gasteiger partial charge is 0.493 e. The van der Waals surface area contributed by atoms with E-state index in [0.29, 0.717) is 38.9 Å². The van der Waals surface area contributed by atoms with Crippen molar-refractivity contribution in [2.75, 3.05) is 13.7 Å². The summed E-state index contributed by atoms with van der Waals surface area (Å²) in [5.41, 5.74) is 1.75. The molecule has 1 saturated heterocycles. The van der Waals surface area contributed by atoms with E-state index in [0.717, 1.165) is 14.7 Å². The van der Waals surface area contributed by atoms with Crippen LogP contribution in [0.5, 0.6) is 11.5 Å². The highest BCUT2D eigenvalue weighted by atomic mass is 127. The standard InChI is InChI=1S/C20H17ClINO3S2/c1-3-23-19(24)17(28-20(23)27)10-12-8-15(22)18(16(9-12)25-2)26-11-13-6-4-5-7-14(13)21/h4-10H,3,11H2,1-2H3. The van der Waals surface area contributed by atoms with E-state index in [4.69, 9.17) is 33.3 Å². The van der Waals surface area contributed by atoms with Crippen LogP contribution in [0.25, 0.3) is 6.08 Å². The number of carbonyl (C=O) groups is 1. The van der Waals surface area contributed by atoms with Crippen molar-refractivity contribution in [1.82, 2.24) is 4.90 Å². The zero-order chi connectivity index (χ0) is 20.3. The molecule has 0 atom stereocenters. The lowest BCUT2D eigenvalue weighted by Crippen LogP contribution is -2.27. The van der Waals surface area contributed by atoms with Crippen LogP contribution in [-0.2, 0) is 11.4 Å². The predicted octanol–water partition coefficient (Wildman–Crippen LogP) is 5.75. The van der Waals surface area contributed by atoms with Crippen molar-refractivity contribution in [2.45, 2.75) is 13.5 Å². The van der Waals surface area contributed by atoms with Crippen LogP contribution >= 0.6 is 58.2 Å². The van der Waals surface area contributed by atoms with Crippen LogP contribution in [0.15, 0.2) is 41.3 Å². The van der Waals surface area contributed by atoms with Crippen LogP contribution < -0.4 is 9.47 Å². The molecule has 28 heavy (non-hydrogen) atoms. The highest BCUT2D eigenvalue weighted by Gasteiger charge is 2.30. The minimum absolute atomic E-state index is 0.0643. The molecule has 0 aliphatic carbocycles. The SMILES string of the molecule is CCN1C(=O)C(=Cc2cc(I)c(OCc3ccccc3Cl)c(OC)c2)SC1=S. The van der Waals surface area contributed by atoms with Gasteiger partial charge in [0, 0.05) is 17.1 Å². The maximum Gasteiger partial charge on any atom is 0.266 e. The monoisotopic (exact) mass is 545 g/mol. The quantitative estimate of drug-likeness (QED) is 0.262. The van der Waals surface area contributed by atoms with Crippen molar-refractivity contribution in [3.8, 4) is 11.5 Å². The van der Waals surface area contributed by atoms with Crippen molar-refractivity contribution in [3.05, 3.63) is 61.0 Å². The number of ether oxygens (including phenoxy) is 2. The third kappa shape index (κ3) is 4.64. The fourth-order valence-electron chi connectivity index (χ4n) is 2.65. The van der Waals surface area contributed by atoms with Gasteiger partial charge >= 0.3 is 0 Å². The van der Waals surface area contributed by atoms with E-state index in [1.54, 1.807) is 12.0 Å². The summed E-state index contributed by atoms with van der Waals surface area (Å²) in [6.07, 6.45) is 1.83. The number of likely N-dealkylation sites (N-methyl/N-ethyl adjacent to an activating group) is 1. The first-order valence-corrected chi connectivity index (χ1v) is 11.1. The molecule has 4 nitrogen and oxygen atoms in total. The number of rotatable bonds is 6. The number of methoxy groups -OCH3 is 1. The molecule has 1 aliphatic heterocycles. The summed E-state index contributed by atoms with van der Waals surface area (Å²) in [5, 5.41) is 0.658. The second-order valence-corrected chi connectivity index (χ2v) is 9.09. The number of nitrogens with zero attached hydrogens (tertiary/aromatic N) is 1. The van der Waals surface area contributed by atoms with E-state index in [-0.39, 0.29) is 5.91 Å². The van der Waals surface area contributed by atoms with Gasteiger partial charge in [-0.2, -0.15) is 0 Å². The molecule has 8 heteroatoms. The number of carbonyl (C=O) groups excluding carboxylic acids is 1. The zero-order valence-electron chi connectivity index (χ0n) is 15.2. The summed E-state index contributed by atoms with van der Waals surface area (Å²) >= 11 is 15.0. The molecule has 1 amide bonds. The molecule has 0 radical (unpaired) electrons. The molecule has 146 valence electrons. The lowest BCUT2D eigenvalue weighted by Gasteiger charge is -2.14. The first kappa shape index (κ1) is 21.4. The third-order valence-electron chi connectivity index (χ3n) is 4.07. The average molecular weight is 546 g/mol. The minimum atomic E-state index is -0.0643. The van der Waals surface area contributed by atoms with Gasteiger partial charge in [0.05, 0.1) is 15.6 Å². The number of amides is 1. The number of halogens is 2. The van der Waals surface area contributed by atoms with Crippen LogP contribution in [0.3, 0.4) is 0 Å². The highest BCUT2D eigenvalue weighted by molar-refractivity contribution is 14.1. The second kappa shape index (κ2) is 9.47. The molecule has 0 N–H and O–H groups in total. The molecule has 0 spiro atoms. The lowest BCUT2D eigenvalue weighted by atomic mass is 10.1. The predicted molar refractivity (Wildman–Crippen MR) is 127 cm³/mol. The first-order chi connectivity index (χ1) is 13.4. The fraction of sp³-hybridized carbons (Fsp3) is 0.200. The maximum atomic E-state index is 12.4. The molecule has 2 aromatic carbocycles. The van der Waals surface area contributed by atoms with E-state index >= 15 is 0 Å². The zero-order valence-corrected chi connectivity index (χ0v) is 19.7. The molecule has 3 rings (SSSR count).